The minimum Gasteiger partial charge on any atom is -0.464 e. The summed E-state index contributed by atoms with van der Waals surface area (Å²) >= 11 is 3.35. The number of rotatable bonds is 4. The van der Waals surface area contributed by atoms with E-state index in [1.54, 1.807) is 6.20 Å². The molecule has 0 fully saturated rings. The van der Waals surface area contributed by atoms with Crippen molar-refractivity contribution < 1.29 is 9.53 Å². The first-order chi connectivity index (χ1) is 7.69. The Morgan fingerprint density at radius 1 is 1.62 bits per heavy atom. The Kier molecular flexibility index (Phi) is 5.19. The van der Waals surface area contributed by atoms with Gasteiger partial charge in [0.05, 0.1) is 7.11 Å². The lowest BCUT2D eigenvalue weighted by Gasteiger charge is -2.03. The highest BCUT2D eigenvalue weighted by atomic mass is 79.9. The van der Waals surface area contributed by atoms with Gasteiger partial charge < -0.3 is 4.74 Å². The monoisotopic (exact) mass is 283 g/mol. The van der Waals surface area contributed by atoms with Crippen molar-refractivity contribution in [2.75, 3.05) is 12.4 Å². The van der Waals surface area contributed by atoms with Crippen LogP contribution in [0.3, 0.4) is 0 Å². The Hall–Kier alpha value is -1.16. The number of hydrogen-bond donors (Lipinski definition) is 0. The summed E-state index contributed by atoms with van der Waals surface area (Å²) < 4.78 is 4.63. The molecular formula is C12H14BrNO2. The average Bonchev–Trinajstić information content (AvgIpc) is 2.29. The maximum atomic E-state index is 11.3. The van der Waals surface area contributed by atoms with Crippen molar-refractivity contribution in [3.63, 3.8) is 0 Å². The number of pyridine rings is 1. The number of methoxy groups -OCH3 is 1. The number of halogens is 1. The van der Waals surface area contributed by atoms with Crippen LogP contribution in [0.15, 0.2) is 18.3 Å². The normalized spacial score (nSPS) is 10.7. The molecule has 0 aromatic carbocycles. The van der Waals surface area contributed by atoms with Crippen LogP contribution in [0.2, 0.25) is 0 Å². The smallest absolute Gasteiger partial charge is 0.356 e. The molecule has 0 saturated heterocycles. The van der Waals surface area contributed by atoms with Crippen molar-refractivity contribution in [3.05, 3.63) is 35.2 Å². The molecule has 0 saturated carbocycles. The van der Waals surface area contributed by atoms with E-state index in [0.29, 0.717) is 5.69 Å². The number of nitrogens with zero attached hydrogens (tertiary/aromatic N) is 1. The lowest BCUT2D eigenvalue weighted by molar-refractivity contribution is 0.0593. The van der Waals surface area contributed by atoms with Gasteiger partial charge in [0.2, 0.25) is 0 Å². The van der Waals surface area contributed by atoms with Crippen molar-refractivity contribution in [1.82, 2.24) is 4.98 Å². The van der Waals surface area contributed by atoms with Gasteiger partial charge in [-0.2, -0.15) is 0 Å². The van der Waals surface area contributed by atoms with Gasteiger partial charge in [-0.3, -0.25) is 0 Å². The Bertz CT molecular complexity index is 402. The van der Waals surface area contributed by atoms with E-state index in [1.807, 2.05) is 19.1 Å². The summed E-state index contributed by atoms with van der Waals surface area (Å²) in [4.78, 5) is 15.4. The topological polar surface area (TPSA) is 39.2 Å². The fourth-order valence-electron chi connectivity index (χ4n) is 1.28. The standard InChI is InChI=1S/C12H14BrNO2/c1-9-7-10(5-3-4-6-13)8-14-11(9)12(15)16-2/h3,5,7-8H,4,6H2,1-2H3. The maximum Gasteiger partial charge on any atom is 0.356 e. The van der Waals surface area contributed by atoms with Crippen molar-refractivity contribution in [1.29, 1.82) is 0 Å². The zero-order valence-corrected chi connectivity index (χ0v) is 11.0. The number of carbonyl (C=O) groups is 1. The predicted molar refractivity (Wildman–Crippen MR) is 67.8 cm³/mol. The molecule has 0 aliphatic carbocycles. The molecule has 86 valence electrons. The molecule has 0 amide bonds. The van der Waals surface area contributed by atoms with Gasteiger partial charge >= 0.3 is 5.97 Å². The molecule has 0 bridgehead atoms. The molecule has 0 unspecified atom stereocenters. The zero-order valence-electron chi connectivity index (χ0n) is 9.37. The van der Waals surface area contributed by atoms with Gasteiger partial charge in [0, 0.05) is 11.5 Å². The lowest BCUT2D eigenvalue weighted by atomic mass is 10.1. The fourth-order valence-corrected chi connectivity index (χ4v) is 1.54. The van der Waals surface area contributed by atoms with E-state index in [-0.39, 0.29) is 0 Å². The van der Waals surface area contributed by atoms with Crippen molar-refractivity contribution in [3.8, 4) is 0 Å². The molecule has 0 N–H and O–H groups in total. The van der Waals surface area contributed by atoms with Gasteiger partial charge in [0.25, 0.3) is 0 Å². The van der Waals surface area contributed by atoms with Gasteiger partial charge in [-0.15, -0.1) is 0 Å². The molecule has 1 rings (SSSR count). The molecule has 16 heavy (non-hydrogen) atoms. The van der Waals surface area contributed by atoms with Crippen molar-refractivity contribution in [2.24, 2.45) is 0 Å². The molecular weight excluding hydrogens is 270 g/mol. The summed E-state index contributed by atoms with van der Waals surface area (Å²) in [6.45, 7) is 1.85. The van der Waals surface area contributed by atoms with Crippen LogP contribution in [-0.4, -0.2) is 23.4 Å². The number of ether oxygens (including phenoxy) is 1. The average molecular weight is 284 g/mol. The second kappa shape index (κ2) is 6.43. The minimum absolute atomic E-state index is 0.375. The highest BCUT2D eigenvalue weighted by Crippen LogP contribution is 2.10. The van der Waals surface area contributed by atoms with Gasteiger partial charge in [-0.25, -0.2) is 9.78 Å². The van der Waals surface area contributed by atoms with E-state index in [4.69, 9.17) is 0 Å². The summed E-state index contributed by atoms with van der Waals surface area (Å²) in [5.41, 5.74) is 2.19. The molecule has 4 heteroatoms. The number of allylic oxidation sites excluding steroid dienone is 1. The quantitative estimate of drug-likeness (QED) is 0.630. The van der Waals surface area contributed by atoms with Crippen LogP contribution < -0.4 is 0 Å². The van der Waals surface area contributed by atoms with E-state index in [9.17, 15) is 4.79 Å². The summed E-state index contributed by atoms with van der Waals surface area (Å²) in [6.07, 6.45) is 6.69. The van der Waals surface area contributed by atoms with Crippen LogP contribution in [0.25, 0.3) is 6.08 Å². The SMILES string of the molecule is COC(=O)c1ncc(C=CCCBr)cc1C. The number of aryl methyl sites for hydroxylation is 1. The molecule has 0 atom stereocenters. The third kappa shape index (κ3) is 3.45. The van der Waals surface area contributed by atoms with E-state index >= 15 is 0 Å². The van der Waals surface area contributed by atoms with Crippen molar-refractivity contribution in [2.45, 2.75) is 13.3 Å². The summed E-state index contributed by atoms with van der Waals surface area (Å²) in [5.74, 6) is -0.395. The van der Waals surface area contributed by atoms with Gasteiger partial charge in [0.15, 0.2) is 5.69 Å². The molecule has 1 aromatic rings. The molecule has 0 aliphatic heterocycles. The Balaban J connectivity index is 2.86. The van der Waals surface area contributed by atoms with Crippen LogP contribution in [0.5, 0.6) is 0 Å². The highest BCUT2D eigenvalue weighted by Gasteiger charge is 2.10. The van der Waals surface area contributed by atoms with Crippen LogP contribution in [0.1, 0.15) is 28.0 Å². The first kappa shape index (κ1) is 12.9. The third-order valence-electron chi connectivity index (χ3n) is 2.06. The van der Waals surface area contributed by atoms with E-state index in [2.05, 4.69) is 31.7 Å². The number of alkyl halides is 1. The highest BCUT2D eigenvalue weighted by molar-refractivity contribution is 9.09. The van der Waals surface area contributed by atoms with Crippen LogP contribution in [0.4, 0.5) is 0 Å². The first-order valence-electron chi connectivity index (χ1n) is 4.96. The van der Waals surface area contributed by atoms with Crippen LogP contribution in [0, 0.1) is 6.92 Å². The Morgan fingerprint density at radius 3 is 2.94 bits per heavy atom. The second-order valence-electron chi connectivity index (χ2n) is 3.31. The summed E-state index contributed by atoms with van der Waals surface area (Å²) in [6, 6.07) is 1.92. The van der Waals surface area contributed by atoms with E-state index < -0.39 is 5.97 Å². The van der Waals surface area contributed by atoms with Crippen LogP contribution >= 0.6 is 15.9 Å². The number of aromatic nitrogens is 1. The number of esters is 1. The number of carbonyl (C=O) groups excluding carboxylic acids is 1. The molecule has 1 heterocycles. The second-order valence-corrected chi connectivity index (χ2v) is 4.10. The zero-order chi connectivity index (χ0) is 12.0. The number of hydrogen-bond acceptors (Lipinski definition) is 3. The maximum absolute atomic E-state index is 11.3. The first-order valence-corrected chi connectivity index (χ1v) is 6.08. The van der Waals surface area contributed by atoms with Crippen LogP contribution in [-0.2, 0) is 4.74 Å². The Morgan fingerprint density at radius 2 is 2.38 bits per heavy atom. The van der Waals surface area contributed by atoms with Crippen molar-refractivity contribution >= 4 is 28.0 Å². The minimum atomic E-state index is -0.395. The molecule has 1 aromatic heterocycles. The fraction of sp³-hybridized carbons (Fsp3) is 0.333. The molecule has 0 aliphatic rings. The summed E-state index contributed by atoms with van der Waals surface area (Å²) in [5, 5.41) is 0.941. The van der Waals surface area contributed by atoms with Gasteiger partial charge in [-0.05, 0) is 30.5 Å². The summed E-state index contributed by atoms with van der Waals surface area (Å²) in [7, 11) is 1.35. The van der Waals surface area contributed by atoms with E-state index in [1.165, 1.54) is 7.11 Å². The largest absolute Gasteiger partial charge is 0.464 e. The van der Waals surface area contributed by atoms with Gasteiger partial charge in [-0.1, -0.05) is 28.1 Å². The molecule has 0 radical (unpaired) electrons. The van der Waals surface area contributed by atoms with Gasteiger partial charge in [0.1, 0.15) is 0 Å². The molecule has 3 nitrogen and oxygen atoms in total. The lowest BCUT2D eigenvalue weighted by Crippen LogP contribution is -2.06. The third-order valence-corrected chi connectivity index (χ3v) is 2.52. The van der Waals surface area contributed by atoms with E-state index in [0.717, 1.165) is 22.9 Å². The molecule has 0 spiro atoms. The predicted octanol–water partition coefficient (Wildman–Crippen LogP) is 2.97. The Labute approximate surface area is 104 Å².